The Morgan fingerprint density at radius 1 is 1.10 bits per heavy atom. The van der Waals surface area contributed by atoms with Crippen molar-refractivity contribution in [2.45, 2.75) is 19.9 Å². The van der Waals surface area contributed by atoms with Gasteiger partial charge in [-0.2, -0.15) is 15.6 Å². The van der Waals surface area contributed by atoms with E-state index in [1.165, 1.54) is 10.5 Å². The Bertz CT molecular complexity index is 1770. The number of nitrogens with zero attached hydrogens (tertiary/aromatic N) is 8. The number of hydrogen-bond donors (Lipinski definition) is 2. The summed E-state index contributed by atoms with van der Waals surface area (Å²) in [7, 11) is 1.77. The first-order valence-electron chi connectivity index (χ1n) is 12.7. The predicted molar refractivity (Wildman–Crippen MR) is 149 cm³/mol. The number of nitrogens with one attached hydrogen (secondary N) is 1. The summed E-state index contributed by atoms with van der Waals surface area (Å²) >= 11 is 0. The van der Waals surface area contributed by atoms with Crippen LogP contribution in [0.5, 0.6) is 0 Å². The smallest absolute Gasteiger partial charge is 0.337 e. The average molecular weight is 538 g/mol. The molecule has 202 valence electrons. The number of carboxylic acid groups (broad SMARTS) is 1. The third-order valence-corrected chi connectivity index (χ3v) is 7.01. The van der Waals surface area contributed by atoms with Gasteiger partial charge in [0.1, 0.15) is 17.8 Å². The first-order valence-corrected chi connectivity index (χ1v) is 12.7. The molecule has 0 bridgehead atoms. The highest BCUT2D eigenvalue weighted by atomic mass is 16.4. The molecule has 4 heterocycles. The molecule has 5 rings (SSSR count). The molecule has 12 nitrogen and oxygen atoms in total. The van der Waals surface area contributed by atoms with Crippen molar-refractivity contribution in [3.05, 3.63) is 81.0 Å². The number of carboxylic acids is 1. The van der Waals surface area contributed by atoms with Crippen LogP contribution in [0.4, 0.5) is 17.2 Å². The summed E-state index contributed by atoms with van der Waals surface area (Å²) in [6, 6.07) is 12.3. The normalized spacial score (nSPS) is 14.0. The summed E-state index contributed by atoms with van der Waals surface area (Å²) in [6.45, 7) is 5.79. The van der Waals surface area contributed by atoms with E-state index >= 15 is 0 Å². The molecule has 3 aromatic heterocycles. The maximum absolute atomic E-state index is 13.5. The number of aromatic carboxylic acids is 1. The van der Waals surface area contributed by atoms with E-state index in [4.69, 9.17) is 4.98 Å². The third kappa shape index (κ3) is 4.67. The molecule has 0 spiro atoms. The highest BCUT2D eigenvalue weighted by Crippen LogP contribution is 2.28. The predicted octanol–water partition coefficient (Wildman–Crippen LogP) is 2.68. The Balaban J connectivity index is 1.52. The van der Waals surface area contributed by atoms with Gasteiger partial charge in [0, 0.05) is 56.9 Å². The largest absolute Gasteiger partial charge is 0.478 e. The van der Waals surface area contributed by atoms with Gasteiger partial charge in [-0.3, -0.25) is 13.9 Å². The Hall–Kier alpha value is -5.36. The van der Waals surface area contributed by atoms with E-state index in [-0.39, 0.29) is 11.1 Å². The second-order valence-corrected chi connectivity index (χ2v) is 9.73. The van der Waals surface area contributed by atoms with Gasteiger partial charge in [-0.1, -0.05) is 12.1 Å². The van der Waals surface area contributed by atoms with Crippen LogP contribution < -0.4 is 20.7 Å². The molecule has 1 aliphatic rings. The van der Waals surface area contributed by atoms with E-state index in [9.17, 15) is 25.2 Å². The molecular weight excluding hydrogens is 510 g/mol. The fourth-order valence-corrected chi connectivity index (χ4v) is 5.09. The second kappa shape index (κ2) is 10.4. The Labute approximate surface area is 229 Å². The lowest BCUT2D eigenvalue weighted by Crippen LogP contribution is -2.47. The third-order valence-electron chi connectivity index (χ3n) is 7.01. The van der Waals surface area contributed by atoms with Gasteiger partial charge >= 0.3 is 5.97 Å². The number of nitriles is 2. The highest BCUT2D eigenvalue weighted by molar-refractivity contribution is 5.94. The Morgan fingerprint density at radius 3 is 2.48 bits per heavy atom. The molecule has 0 aliphatic carbocycles. The number of piperazine rings is 1. The maximum Gasteiger partial charge on any atom is 0.337 e. The van der Waals surface area contributed by atoms with E-state index in [1.807, 2.05) is 24.8 Å². The molecule has 4 aromatic rings. The average Bonchev–Trinajstić information content (AvgIpc) is 3.33. The molecule has 2 N–H and O–H groups in total. The van der Waals surface area contributed by atoms with E-state index < -0.39 is 17.6 Å². The van der Waals surface area contributed by atoms with Crippen molar-refractivity contribution >= 4 is 28.8 Å². The zero-order chi connectivity index (χ0) is 28.6. The fourth-order valence-electron chi connectivity index (χ4n) is 5.09. The van der Waals surface area contributed by atoms with Crippen molar-refractivity contribution < 1.29 is 9.90 Å². The van der Waals surface area contributed by atoms with E-state index in [0.29, 0.717) is 54.6 Å². The van der Waals surface area contributed by atoms with Crippen LogP contribution >= 0.6 is 0 Å². The monoisotopic (exact) mass is 537 g/mol. The summed E-state index contributed by atoms with van der Waals surface area (Å²) in [5, 5.41) is 36.5. The summed E-state index contributed by atoms with van der Waals surface area (Å²) in [5.41, 5.74) is 3.04. The lowest BCUT2D eigenvalue weighted by molar-refractivity contribution is 0.0698. The van der Waals surface area contributed by atoms with Crippen LogP contribution in [0.15, 0.2) is 47.5 Å². The molecule has 0 saturated carbocycles. The molecule has 1 saturated heterocycles. The minimum absolute atomic E-state index is 0.0431. The van der Waals surface area contributed by atoms with Crippen molar-refractivity contribution in [1.29, 1.82) is 10.5 Å². The first kappa shape index (κ1) is 26.3. The highest BCUT2D eigenvalue weighted by Gasteiger charge is 2.27. The van der Waals surface area contributed by atoms with E-state index in [1.54, 1.807) is 42.3 Å². The molecule has 40 heavy (non-hydrogen) atoms. The number of carbonyl (C=O) groups is 1. The number of hydrogen-bond acceptors (Lipinski definition) is 9. The second-order valence-electron chi connectivity index (χ2n) is 9.73. The lowest BCUT2D eigenvalue weighted by atomic mass is 10.1. The molecule has 0 radical (unpaired) electrons. The maximum atomic E-state index is 13.5. The van der Waals surface area contributed by atoms with Gasteiger partial charge in [0.05, 0.1) is 17.3 Å². The number of aryl methyl sites for hydroxylation is 2. The number of pyridine rings is 1. The summed E-state index contributed by atoms with van der Waals surface area (Å²) in [5.74, 6) is -0.742. The van der Waals surface area contributed by atoms with Gasteiger partial charge in [-0.05, 0) is 37.6 Å². The number of rotatable bonds is 6. The molecule has 12 heteroatoms. The first-order chi connectivity index (χ1) is 19.2. The number of fused-ring (bicyclic) bond motifs is 1. The Kier molecular flexibility index (Phi) is 6.84. The molecule has 1 atom stereocenters. The minimum Gasteiger partial charge on any atom is -0.478 e. The molecule has 1 aliphatic heterocycles. The quantitative estimate of drug-likeness (QED) is 0.375. The molecule has 0 amide bonds. The van der Waals surface area contributed by atoms with Crippen LogP contribution in [-0.4, -0.2) is 56.4 Å². The van der Waals surface area contributed by atoms with Crippen molar-refractivity contribution in [1.82, 2.24) is 19.2 Å². The van der Waals surface area contributed by atoms with Crippen LogP contribution in [-0.2, 0) is 7.05 Å². The topological polar surface area (TPSA) is 156 Å². The van der Waals surface area contributed by atoms with Crippen molar-refractivity contribution in [2.75, 3.05) is 41.3 Å². The summed E-state index contributed by atoms with van der Waals surface area (Å²) in [4.78, 5) is 34.1. The fraction of sp³-hybridized carbons (Fsp3) is 0.286. The molecular formula is C28H27N9O3. The zero-order valence-corrected chi connectivity index (χ0v) is 22.3. The van der Waals surface area contributed by atoms with Crippen LogP contribution in [0.25, 0.3) is 5.65 Å². The van der Waals surface area contributed by atoms with E-state index in [2.05, 4.69) is 27.5 Å². The van der Waals surface area contributed by atoms with Gasteiger partial charge < -0.3 is 20.2 Å². The number of para-hydroxylation sites is 1. The summed E-state index contributed by atoms with van der Waals surface area (Å²) in [6.07, 6.45) is 3.46. The van der Waals surface area contributed by atoms with Gasteiger partial charge in [0.2, 0.25) is 0 Å². The van der Waals surface area contributed by atoms with Gasteiger partial charge in [-0.15, -0.1) is 0 Å². The van der Waals surface area contributed by atoms with Crippen molar-refractivity contribution in [3.8, 4) is 12.1 Å². The zero-order valence-electron chi connectivity index (χ0n) is 22.3. The van der Waals surface area contributed by atoms with Crippen LogP contribution in [0.1, 0.15) is 45.7 Å². The standard InChI is InChI=1S/C28H27N9O3/c1-17-12-20(18(2)31-22-7-5-4-6-19(22)28(39)40)26-32-25(21(13-29)27(38)37(26)15-17)36-10-8-35(9-11-36)24-16-34(3)33-23(24)14-30/h4-7,12,15-16,18,31H,8-11H2,1-3H3,(H,39,40)/t18-/m1/s1. The number of aromatic nitrogens is 4. The van der Waals surface area contributed by atoms with Crippen LogP contribution in [0, 0.1) is 29.6 Å². The number of benzene rings is 1. The van der Waals surface area contributed by atoms with Crippen LogP contribution in [0.2, 0.25) is 0 Å². The van der Waals surface area contributed by atoms with Gasteiger partial charge in [0.15, 0.2) is 17.1 Å². The number of anilines is 3. The minimum atomic E-state index is -1.05. The Morgan fingerprint density at radius 2 is 1.80 bits per heavy atom. The van der Waals surface area contributed by atoms with Gasteiger partial charge in [-0.25, -0.2) is 9.78 Å². The van der Waals surface area contributed by atoms with Crippen LogP contribution in [0.3, 0.4) is 0 Å². The van der Waals surface area contributed by atoms with Crippen molar-refractivity contribution in [2.24, 2.45) is 7.05 Å². The van der Waals surface area contributed by atoms with Crippen molar-refractivity contribution in [3.63, 3.8) is 0 Å². The van der Waals surface area contributed by atoms with E-state index in [0.717, 1.165) is 11.3 Å². The lowest BCUT2D eigenvalue weighted by Gasteiger charge is -2.36. The summed E-state index contributed by atoms with van der Waals surface area (Å²) < 4.78 is 2.99. The SMILES string of the molecule is Cc1cc([C@@H](C)Nc2ccccc2C(=O)O)c2nc(N3CCN(c4cn(C)nc4C#N)CC3)c(C#N)c(=O)n2c1. The molecule has 1 fully saturated rings. The molecule has 1 aromatic carbocycles. The van der Waals surface area contributed by atoms with Gasteiger partial charge in [0.25, 0.3) is 5.56 Å². The molecule has 0 unspecified atom stereocenters.